The second-order valence-electron chi connectivity index (χ2n) is 5.61. The molecule has 0 aliphatic rings. The van der Waals surface area contributed by atoms with Crippen LogP contribution in [-0.2, 0) is 13.1 Å². The van der Waals surface area contributed by atoms with Crippen molar-refractivity contribution in [2.24, 2.45) is 0 Å². The van der Waals surface area contributed by atoms with Crippen LogP contribution in [-0.4, -0.2) is 22.4 Å². The van der Waals surface area contributed by atoms with Crippen LogP contribution in [0.15, 0.2) is 47.8 Å². The smallest absolute Gasteiger partial charge is 0.315 e. The average molecular weight is 358 g/mol. The molecule has 0 aliphatic carbocycles. The van der Waals surface area contributed by atoms with E-state index in [4.69, 9.17) is 0 Å². The van der Waals surface area contributed by atoms with Crippen LogP contribution in [0.3, 0.4) is 0 Å². The van der Waals surface area contributed by atoms with E-state index < -0.39 is 0 Å². The number of urea groups is 1. The van der Waals surface area contributed by atoms with Crippen LogP contribution in [0.25, 0.3) is 10.6 Å². The maximum atomic E-state index is 12.8. The molecule has 3 aromatic rings. The lowest BCUT2D eigenvalue weighted by atomic mass is 10.2. The zero-order valence-electron chi connectivity index (χ0n) is 13.8. The van der Waals surface area contributed by atoms with Gasteiger partial charge in [-0.2, -0.15) is 5.10 Å². The van der Waals surface area contributed by atoms with E-state index in [0.29, 0.717) is 19.6 Å². The Morgan fingerprint density at radius 2 is 2.04 bits per heavy atom. The monoisotopic (exact) mass is 358 g/mol. The third-order valence-electron chi connectivity index (χ3n) is 3.73. The number of rotatable bonds is 6. The third-order valence-corrected chi connectivity index (χ3v) is 4.62. The van der Waals surface area contributed by atoms with Crippen LogP contribution in [0, 0.1) is 12.7 Å². The number of nitrogens with one attached hydrogen (secondary N) is 2. The Bertz CT molecular complexity index is 827. The van der Waals surface area contributed by atoms with Gasteiger partial charge in [-0.15, -0.1) is 11.3 Å². The van der Waals surface area contributed by atoms with Crippen LogP contribution < -0.4 is 10.6 Å². The first-order valence-electron chi connectivity index (χ1n) is 7.96. The molecule has 0 unspecified atom stereocenters. The molecule has 2 N–H and O–H groups in total. The predicted octanol–water partition coefficient (Wildman–Crippen LogP) is 3.56. The highest BCUT2D eigenvalue weighted by Gasteiger charge is 2.07. The number of carbonyl (C=O) groups excluding carboxylic acids is 1. The number of hydrogen-bond donors (Lipinski definition) is 2. The van der Waals surface area contributed by atoms with Crippen molar-refractivity contribution in [1.82, 2.24) is 20.4 Å². The second kappa shape index (κ2) is 7.94. The molecule has 3 rings (SSSR count). The van der Waals surface area contributed by atoms with Gasteiger partial charge in [0, 0.05) is 18.8 Å². The lowest BCUT2D eigenvalue weighted by Crippen LogP contribution is -2.37. The summed E-state index contributed by atoms with van der Waals surface area (Å²) in [5, 5.41) is 12.1. The van der Waals surface area contributed by atoms with Gasteiger partial charge in [0.2, 0.25) is 0 Å². The number of amides is 2. The van der Waals surface area contributed by atoms with E-state index in [1.165, 1.54) is 12.1 Å². The zero-order valence-corrected chi connectivity index (χ0v) is 14.6. The molecule has 2 heterocycles. The molecule has 130 valence electrons. The van der Waals surface area contributed by atoms with Crippen molar-refractivity contribution < 1.29 is 9.18 Å². The van der Waals surface area contributed by atoms with Gasteiger partial charge in [-0.3, -0.25) is 4.68 Å². The van der Waals surface area contributed by atoms with E-state index in [-0.39, 0.29) is 11.8 Å². The van der Waals surface area contributed by atoms with Crippen molar-refractivity contribution in [3.05, 3.63) is 64.9 Å². The number of nitrogens with zero attached hydrogens (tertiary/aromatic N) is 2. The molecule has 0 spiro atoms. The molecule has 0 fully saturated rings. The molecule has 0 aliphatic heterocycles. The molecular formula is C18H19FN4OS. The highest BCUT2D eigenvalue weighted by atomic mass is 32.1. The van der Waals surface area contributed by atoms with E-state index in [9.17, 15) is 9.18 Å². The topological polar surface area (TPSA) is 59.0 Å². The summed E-state index contributed by atoms with van der Waals surface area (Å²) in [6.45, 7) is 3.43. The Labute approximate surface area is 149 Å². The molecule has 1 aromatic carbocycles. The Balaban J connectivity index is 1.44. The van der Waals surface area contributed by atoms with Gasteiger partial charge < -0.3 is 10.6 Å². The summed E-state index contributed by atoms with van der Waals surface area (Å²) in [4.78, 5) is 13.0. The number of benzene rings is 1. The van der Waals surface area contributed by atoms with E-state index in [1.807, 2.05) is 35.2 Å². The molecule has 7 heteroatoms. The summed E-state index contributed by atoms with van der Waals surface area (Å²) in [7, 11) is 0. The van der Waals surface area contributed by atoms with Crippen molar-refractivity contribution in [3.63, 3.8) is 0 Å². The fourth-order valence-corrected chi connectivity index (χ4v) is 3.09. The Morgan fingerprint density at radius 1 is 1.24 bits per heavy atom. The predicted molar refractivity (Wildman–Crippen MR) is 96.9 cm³/mol. The fraction of sp³-hybridized carbons (Fsp3) is 0.222. The number of aromatic nitrogens is 2. The van der Waals surface area contributed by atoms with E-state index in [1.54, 1.807) is 23.5 Å². The maximum Gasteiger partial charge on any atom is 0.315 e. The van der Waals surface area contributed by atoms with Crippen molar-refractivity contribution in [2.75, 3.05) is 6.54 Å². The van der Waals surface area contributed by atoms with Gasteiger partial charge in [-0.05, 0) is 42.1 Å². The molecule has 5 nitrogen and oxygen atoms in total. The number of carbonyl (C=O) groups is 1. The van der Waals surface area contributed by atoms with Crippen LogP contribution in [0.5, 0.6) is 0 Å². The molecule has 0 saturated carbocycles. The van der Waals surface area contributed by atoms with Gasteiger partial charge in [0.1, 0.15) is 11.5 Å². The van der Waals surface area contributed by atoms with Gasteiger partial charge in [0.15, 0.2) is 0 Å². The van der Waals surface area contributed by atoms with Crippen molar-refractivity contribution in [2.45, 2.75) is 20.0 Å². The number of thiophene rings is 1. The van der Waals surface area contributed by atoms with E-state index >= 15 is 0 Å². The van der Waals surface area contributed by atoms with Crippen LogP contribution in [0.4, 0.5) is 9.18 Å². The quantitative estimate of drug-likeness (QED) is 0.708. The van der Waals surface area contributed by atoms with Crippen molar-refractivity contribution in [3.8, 4) is 10.6 Å². The molecule has 0 bridgehead atoms. The van der Waals surface area contributed by atoms with Gasteiger partial charge in [-0.1, -0.05) is 18.2 Å². The minimum atomic E-state index is -0.287. The minimum Gasteiger partial charge on any atom is -0.336 e. The Morgan fingerprint density at radius 3 is 2.76 bits per heavy atom. The third kappa shape index (κ3) is 4.67. The molecular weight excluding hydrogens is 339 g/mol. The standard InChI is InChI=1S/C18H19FN4OS/c1-13-11-16(17-3-2-10-25-17)22-23(13)9-8-20-18(24)21-12-14-4-6-15(19)7-5-14/h2-7,10-11H,8-9,12H2,1H3,(H2,20,21,24). The zero-order chi connectivity index (χ0) is 17.6. The summed E-state index contributed by atoms with van der Waals surface area (Å²) in [6.07, 6.45) is 0. The molecule has 0 radical (unpaired) electrons. The number of halogens is 1. The highest BCUT2D eigenvalue weighted by Crippen LogP contribution is 2.23. The molecule has 25 heavy (non-hydrogen) atoms. The molecule has 2 aromatic heterocycles. The van der Waals surface area contributed by atoms with Crippen LogP contribution >= 0.6 is 11.3 Å². The number of aryl methyl sites for hydroxylation is 1. The van der Waals surface area contributed by atoms with Crippen LogP contribution in [0.2, 0.25) is 0 Å². The van der Waals surface area contributed by atoms with Crippen molar-refractivity contribution >= 4 is 17.4 Å². The summed E-state index contributed by atoms with van der Waals surface area (Å²) < 4.78 is 14.7. The fourth-order valence-electron chi connectivity index (χ4n) is 2.40. The van der Waals surface area contributed by atoms with Crippen LogP contribution in [0.1, 0.15) is 11.3 Å². The normalized spacial score (nSPS) is 10.6. The maximum absolute atomic E-state index is 12.8. The van der Waals surface area contributed by atoms with Gasteiger partial charge in [0.25, 0.3) is 0 Å². The Hall–Kier alpha value is -2.67. The average Bonchev–Trinajstić information content (AvgIpc) is 3.25. The van der Waals surface area contributed by atoms with E-state index in [2.05, 4.69) is 15.7 Å². The lowest BCUT2D eigenvalue weighted by Gasteiger charge is -2.09. The Kier molecular flexibility index (Phi) is 5.45. The first kappa shape index (κ1) is 17.2. The summed E-state index contributed by atoms with van der Waals surface area (Å²) in [6, 6.07) is 11.9. The van der Waals surface area contributed by atoms with Gasteiger partial charge >= 0.3 is 6.03 Å². The largest absolute Gasteiger partial charge is 0.336 e. The van der Waals surface area contributed by atoms with Crippen molar-refractivity contribution in [1.29, 1.82) is 0 Å². The second-order valence-corrected chi connectivity index (χ2v) is 6.56. The minimum absolute atomic E-state index is 0.257. The first-order valence-corrected chi connectivity index (χ1v) is 8.84. The molecule has 2 amide bonds. The lowest BCUT2D eigenvalue weighted by molar-refractivity contribution is 0.240. The summed E-state index contributed by atoms with van der Waals surface area (Å²) in [5.74, 6) is -0.287. The molecule has 0 saturated heterocycles. The summed E-state index contributed by atoms with van der Waals surface area (Å²) >= 11 is 1.65. The van der Waals surface area contributed by atoms with Gasteiger partial charge in [0.05, 0.1) is 11.4 Å². The number of hydrogen-bond acceptors (Lipinski definition) is 3. The SMILES string of the molecule is Cc1cc(-c2cccs2)nn1CCNC(=O)NCc1ccc(F)cc1. The highest BCUT2D eigenvalue weighted by molar-refractivity contribution is 7.13. The molecule has 0 atom stereocenters. The van der Waals surface area contributed by atoms with E-state index in [0.717, 1.165) is 21.8 Å². The summed E-state index contributed by atoms with van der Waals surface area (Å²) in [5.41, 5.74) is 2.85. The van der Waals surface area contributed by atoms with Gasteiger partial charge in [-0.25, -0.2) is 9.18 Å². The first-order chi connectivity index (χ1) is 12.1.